The summed E-state index contributed by atoms with van der Waals surface area (Å²) in [5, 5.41) is 3.05. The number of nitrogens with zero attached hydrogens (tertiary/aromatic N) is 1. The quantitative estimate of drug-likeness (QED) is 0.846. The zero-order valence-corrected chi connectivity index (χ0v) is 10.7. The topological polar surface area (TPSA) is 32.3 Å². The summed E-state index contributed by atoms with van der Waals surface area (Å²) in [6, 6.07) is -0.362. The Morgan fingerprint density at radius 1 is 1.39 bits per heavy atom. The van der Waals surface area contributed by atoms with Crippen molar-refractivity contribution in [3.8, 4) is 0 Å². The third-order valence-corrected chi connectivity index (χ3v) is 3.74. The maximum absolute atomic E-state index is 13.0. The first-order valence-electron chi connectivity index (χ1n) is 6.42. The van der Waals surface area contributed by atoms with Crippen molar-refractivity contribution in [2.75, 3.05) is 6.54 Å². The van der Waals surface area contributed by atoms with Gasteiger partial charge in [0, 0.05) is 12.6 Å². The predicted octanol–water partition coefficient (Wildman–Crippen LogP) is 2.07. The second-order valence-corrected chi connectivity index (χ2v) is 5.54. The second-order valence-electron chi connectivity index (χ2n) is 5.54. The molecule has 0 bridgehead atoms. The van der Waals surface area contributed by atoms with Crippen molar-refractivity contribution in [2.24, 2.45) is 0 Å². The van der Waals surface area contributed by atoms with E-state index in [-0.39, 0.29) is 31.3 Å². The molecule has 0 spiro atoms. The van der Waals surface area contributed by atoms with Gasteiger partial charge in [0.1, 0.15) is 5.54 Å². The lowest BCUT2D eigenvalue weighted by atomic mass is 10.0. The molecule has 1 heterocycles. The summed E-state index contributed by atoms with van der Waals surface area (Å²) in [5.41, 5.74) is -1.86. The molecular formula is C12H19F3N2O. The van der Waals surface area contributed by atoms with E-state index in [4.69, 9.17) is 0 Å². The highest BCUT2D eigenvalue weighted by molar-refractivity contribution is 5.84. The minimum Gasteiger partial charge on any atom is -0.327 e. The standard InChI is InChI=1S/C12H19F3N2O/c1-8(2)16-9-4-3-7-17(10(9)18)11(5-6-11)12(13,14)15/h8-9,16H,3-7H2,1-2H3. The third kappa shape index (κ3) is 2.22. The molecule has 18 heavy (non-hydrogen) atoms. The zero-order chi connectivity index (χ0) is 13.6. The van der Waals surface area contributed by atoms with Crippen LogP contribution in [-0.2, 0) is 4.79 Å². The number of hydrogen-bond acceptors (Lipinski definition) is 2. The number of rotatable bonds is 3. The molecule has 3 nitrogen and oxygen atoms in total. The lowest BCUT2D eigenvalue weighted by molar-refractivity contribution is -0.203. The van der Waals surface area contributed by atoms with E-state index in [1.54, 1.807) is 0 Å². The van der Waals surface area contributed by atoms with E-state index in [2.05, 4.69) is 5.32 Å². The lowest BCUT2D eigenvalue weighted by Crippen LogP contribution is -2.60. The fourth-order valence-electron chi connectivity index (χ4n) is 2.68. The number of halogens is 3. The first kappa shape index (κ1) is 13.6. The Hall–Kier alpha value is -0.780. The zero-order valence-electron chi connectivity index (χ0n) is 10.7. The molecule has 1 amide bonds. The van der Waals surface area contributed by atoms with Crippen LogP contribution in [0.25, 0.3) is 0 Å². The van der Waals surface area contributed by atoms with Crippen LogP contribution in [0.5, 0.6) is 0 Å². The first-order valence-corrected chi connectivity index (χ1v) is 6.42. The number of piperidine rings is 1. The summed E-state index contributed by atoms with van der Waals surface area (Å²) < 4.78 is 39.1. The molecule has 104 valence electrons. The number of nitrogens with one attached hydrogen (secondary N) is 1. The van der Waals surface area contributed by atoms with E-state index in [0.29, 0.717) is 12.8 Å². The highest BCUT2D eigenvalue weighted by Gasteiger charge is 2.68. The van der Waals surface area contributed by atoms with Crippen LogP contribution in [0.15, 0.2) is 0 Å². The van der Waals surface area contributed by atoms with Crippen molar-refractivity contribution in [1.82, 2.24) is 10.2 Å². The van der Waals surface area contributed by atoms with E-state index in [9.17, 15) is 18.0 Å². The van der Waals surface area contributed by atoms with E-state index >= 15 is 0 Å². The fourth-order valence-corrected chi connectivity index (χ4v) is 2.68. The average Bonchev–Trinajstić information content (AvgIpc) is 3.00. The second kappa shape index (κ2) is 4.40. The van der Waals surface area contributed by atoms with Gasteiger partial charge in [-0.25, -0.2) is 0 Å². The van der Waals surface area contributed by atoms with Crippen LogP contribution in [0.4, 0.5) is 13.2 Å². The highest BCUT2D eigenvalue weighted by atomic mass is 19.4. The van der Waals surface area contributed by atoms with Crippen molar-refractivity contribution in [3.63, 3.8) is 0 Å². The van der Waals surface area contributed by atoms with Gasteiger partial charge >= 0.3 is 6.18 Å². The molecule has 0 aromatic heterocycles. The summed E-state index contributed by atoms with van der Waals surface area (Å²) in [4.78, 5) is 13.2. The molecule has 1 aliphatic heterocycles. The molecule has 1 saturated heterocycles. The Labute approximate surface area is 105 Å². The Balaban J connectivity index is 2.12. The van der Waals surface area contributed by atoms with Crippen LogP contribution in [0, 0.1) is 0 Å². The fraction of sp³-hybridized carbons (Fsp3) is 0.917. The predicted molar refractivity (Wildman–Crippen MR) is 61.0 cm³/mol. The molecule has 2 fully saturated rings. The normalized spacial score (nSPS) is 27.8. The first-order chi connectivity index (χ1) is 8.28. The van der Waals surface area contributed by atoms with Crippen molar-refractivity contribution in [1.29, 1.82) is 0 Å². The molecule has 1 aliphatic carbocycles. The minimum atomic E-state index is -4.30. The van der Waals surface area contributed by atoms with E-state index in [1.807, 2.05) is 13.8 Å². The van der Waals surface area contributed by atoms with E-state index in [0.717, 1.165) is 4.90 Å². The molecule has 1 N–H and O–H groups in total. The summed E-state index contributed by atoms with van der Waals surface area (Å²) in [5.74, 6) is -0.384. The van der Waals surface area contributed by atoms with Gasteiger partial charge in [-0.15, -0.1) is 0 Å². The monoisotopic (exact) mass is 264 g/mol. The van der Waals surface area contributed by atoms with Gasteiger partial charge in [-0.1, -0.05) is 13.8 Å². The lowest BCUT2D eigenvalue weighted by Gasteiger charge is -2.40. The number of likely N-dealkylation sites (tertiary alicyclic amines) is 1. The number of carbonyl (C=O) groups is 1. The van der Waals surface area contributed by atoms with Gasteiger partial charge in [0.25, 0.3) is 0 Å². The van der Waals surface area contributed by atoms with Crippen molar-refractivity contribution in [2.45, 2.75) is 63.3 Å². The maximum atomic E-state index is 13.0. The minimum absolute atomic E-state index is 0.0522. The van der Waals surface area contributed by atoms with Crippen LogP contribution >= 0.6 is 0 Å². The van der Waals surface area contributed by atoms with Crippen LogP contribution in [0.2, 0.25) is 0 Å². The summed E-state index contributed by atoms with van der Waals surface area (Å²) in [6.45, 7) is 4.01. The van der Waals surface area contributed by atoms with Gasteiger partial charge in [-0.2, -0.15) is 13.2 Å². The Kier molecular flexibility index (Phi) is 3.34. The number of hydrogen-bond donors (Lipinski definition) is 1. The van der Waals surface area contributed by atoms with Crippen molar-refractivity contribution < 1.29 is 18.0 Å². The molecular weight excluding hydrogens is 245 g/mol. The molecule has 2 rings (SSSR count). The van der Waals surface area contributed by atoms with Crippen molar-refractivity contribution in [3.05, 3.63) is 0 Å². The van der Waals surface area contributed by atoms with Crippen LogP contribution < -0.4 is 5.32 Å². The molecule has 0 aromatic carbocycles. The smallest absolute Gasteiger partial charge is 0.327 e. The molecule has 2 aliphatic rings. The summed E-state index contributed by atoms with van der Waals surface area (Å²) in [7, 11) is 0. The molecule has 1 atom stereocenters. The highest BCUT2D eigenvalue weighted by Crippen LogP contribution is 2.54. The van der Waals surface area contributed by atoms with Gasteiger partial charge < -0.3 is 10.2 Å². The van der Waals surface area contributed by atoms with Crippen LogP contribution in [0.1, 0.15) is 39.5 Å². The summed E-state index contributed by atoms with van der Waals surface area (Å²) >= 11 is 0. The van der Waals surface area contributed by atoms with Gasteiger partial charge in [-0.3, -0.25) is 4.79 Å². The molecule has 6 heteroatoms. The van der Waals surface area contributed by atoms with Gasteiger partial charge in [0.15, 0.2) is 0 Å². The number of amides is 1. The number of alkyl halides is 3. The van der Waals surface area contributed by atoms with Crippen LogP contribution in [-0.4, -0.2) is 41.2 Å². The maximum Gasteiger partial charge on any atom is 0.411 e. The molecule has 0 aromatic rings. The molecule has 0 radical (unpaired) electrons. The number of carbonyl (C=O) groups excluding carboxylic acids is 1. The van der Waals surface area contributed by atoms with E-state index < -0.39 is 17.8 Å². The van der Waals surface area contributed by atoms with Crippen LogP contribution in [0.3, 0.4) is 0 Å². The largest absolute Gasteiger partial charge is 0.411 e. The summed E-state index contributed by atoms with van der Waals surface area (Å²) in [6.07, 6.45) is -2.94. The molecule has 1 saturated carbocycles. The SMILES string of the molecule is CC(C)NC1CCCN(C2(C(F)(F)F)CC2)C1=O. The average molecular weight is 264 g/mol. The van der Waals surface area contributed by atoms with Gasteiger partial charge in [0.2, 0.25) is 5.91 Å². The Bertz CT molecular complexity index is 337. The Morgan fingerprint density at radius 3 is 2.44 bits per heavy atom. The van der Waals surface area contributed by atoms with Gasteiger partial charge in [-0.05, 0) is 25.7 Å². The Morgan fingerprint density at radius 2 is 2.00 bits per heavy atom. The van der Waals surface area contributed by atoms with E-state index in [1.165, 1.54) is 0 Å². The molecule has 1 unspecified atom stereocenters. The third-order valence-electron chi connectivity index (χ3n) is 3.74. The van der Waals surface area contributed by atoms with Crippen molar-refractivity contribution >= 4 is 5.91 Å². The van der Waals surface area contributed by atoms with Gasteiger partial charge in [0.05, 0.1) is 6.04 Å².